The van der Waals surface area contributed by atoms with Crippen molar-refractivity contribution in [1.82, 2.24) is 0 Å². The highest BCUT2D eigenvalue weighted by Gasteiger charge is 2.37. The molecule has 0 nitrogen and oxygen atoms in total. The van der Waals surface area contributed by atoms with E-state index in [0.717, 1.165) is 6.07 Å². The first-order valence-corrected chi connectivity index (χ1v) is 8.79. The predicted molar refractivity (Wildman–Crippen MR) is 62.1 cm³/mol. The van der Waals surface area contributed by atoms with E-state index in [2.05, 4.69) is 15.9 Å². The van der Waals surface area contributed by atoms with E-state index in [9.17, 15) is 13.2 Å². The maximum atomic E-state index is 12.8. The van der Waals surface area contributed by atoms with Gasteiger partial charge in [0.1, 0.15) is 0 Å². The maximum Gasteiger partial charge on any atom is 0.416 e. The molecule has 0 aliphatic rings. The molecule has 0 bridgehead atoms. The third kappa shape index (κ3) is 2.84. The highest BCUT2D eigenvalue weighted by molar-refractivity contribution is 9.10. The molecule has 1 rings (SSSR count). The molecule has 15 heavy (non-hydrogen) atoms. The van der Waals surface area contributed by atoms with Crippen molar-refractivity contribution in [3.63, 3.8) is 0 Å². The lowest BCUT2D eigenvalue weighted by Crippen LogP contribution is -2.43. The van der Waals surface area contributed by atoms with Crippen LogP contribution < -0.4 is 5.19 Å². The summed E-state index contributed by atoms with van der Waals surface area (Å²) in [5.41, 5.74) is -0.504. The van der Waals surface area contributed by atoms with Crippen LogP contribution in [0.2, 0.25) is 19.6 Å². The summed E-state index contributed by atoms with van der Waals surface area (Å²) in [4.78, 5) is 0. The van der Waals surface area contributed by atoms with E-state index in [0.29, 0.717) is 9.66 Å². The van der Waals surface area contributed by atoms with E-state index in [1.54, 1.807) is 6.07 Å². The van der Waals surface area contributed by atoms with Crippen LogP contribution in [0.5, 0.6) is 0 Å². The molecule has 0 aliphatic heterocycles. The molecule has 0 radical (unpaired) electrons. The second kappa shape index (κ2) is 3.94. The molecule has 0 saturated carbocycles. The zero-order chi connectivity index (χ0) is 11.9. The van der Waals surface area contributed by atoms with Gasteiger partial charge in [0.25, 0.3) is 0 Å². The van der Waals surface area contributed by atoms with Gasteiger partial charge in [-0.2, -0.15) is 13.2 Å². The van der Waals surface area contributed by atoms with E-state index in [-0.39, 0.29) is 0 Å². The summed E-state index contributed by atoms with van der Waals surface area (Å²) in [5, 5.41) is 0.442. The Kier molecular flexibility index (Phi) is 3.35. The Morgan fingerprint density at radius 3 is 2.00 bits per heavy atom. The molecule has 0 atom stereocenters. The topological polar surface area (TPSA) is 0 Å². The molecule has 0 aromatic heterocycles. The summed E-state index contributed by atoms with van der Waals surface area (Å²) in [6.07, 6.45) is -4.26. The molecule has 0 saturated heterocycles. The molecule has 0 fully saturated rings. The van der Waals surface area contributed by atoms with Gasteiger partial charge >= 0.3 is 6.18 Å². The quantitative estimate of drug-likeness (QED) is 0.687. The molecule has 1 aromatic rings. The van der Waals surface area contributed by atoms with Crippen LogP contribution in [0.1, 0.15) is 5.56 Å². The summed E-state index contributed by atoms with van der Waals surface area (Å²) in [7, 11) is -2.00. The van der Waals surface area contributed by atoms with Crippen molar-refractivity contribution in [2.45, 2.75) is 25.8 Å². The lowest BCUT2D eigenvalue weighted by molar-refractivity contribution is -0.136. The molecule has 5 heteroatoms. The fraction of sp³-hybridized carbons (Fsp3) is 0.400. The van der Waals surface area contributed by atoms with Crippen molar-refractivity contribution in [3.8, 4) is 0 Å². The van der Waals surface area contributed by atoms with Gasteiger partial charge in [0.05, 0.1) is 13.6 Å². The largest absolute Gasteiger partial charge is 0.416 e. The van der Waals surface area contributed by atoms with E-state index in [1.807, 2.05) is 19.6 Å². The van der Waals surface area contributed by atoms with Crippen molar-refractivity contribution < 1.29 is 13.2 Å². The van der Waals surface area contributed by atoms with Gasteiger partial charge in [0.15, 0.2) is 0 Å². The van der Waals surface area contributed by atoms with E-state index >= 15 is 0 Å². The van der Waals surface area contributed by atoms with Gasteiger partial charge in [-0.05, 0) is 11.3 Å². The molecule has 0 aliphatic carbocycles. The van der Waals surface area contributed by atoms with Gasteiger partial charge < -0.3 is 0 Å². The summed E-state index contributed by atoms with van der Waals surface area (Å²) in [5.74, 6) is 0. The number of benzene rings is 1. The minimum absolute atomic E-state index is 0.442. The number of hydrogen-bond donors (Lipinski definition) is 0. The smallest absolute Gasteiger partial charge is 0.166 e. The number of rotatable bonds is 1. The summed E-state index contributed by atoms with van der Waals surface area (Å²) < 4.78 is 38.8. The Bertz CT molecular complexity index is 366. The molecule has 84 valence electrons. The Balaban J connectivity index is 3.48. The first kappa shape index (κ1) is 12.8. The molecule has 0 spiro atoms. The summed E-state index contributed by atoms with van der Waals surface area (Å²) in [6, 6.07) is 4.25. The first-order chi connectivity index (χ1) is 6.64. The third-order valence-corrected chi connectivity index (χ3v) is 5.13. The van der Waals surface area contributed by atoms with Crippen LogP contribution in [0.4, 0.5) is 13.2 Å². The van der Waals surface area contributed by atoms with E-state index in [1.165, 1.54) is 6.07 Å². The van der Waals surface area contributed by atoms with Crippen molar-refractivity contribution in [1.29, 1.82) is 0 Å². The fourth-order valence-electron chi connectivity index (χ4n) is 1.52. The zero-order valence-electron chi connectivity index (χ0n) is 8.74. The lowest BCUT2D eigenvalue weighted by Gasteiger charge is -2.23. The first-order valence-electron chi connectivity index (χ1n) is 4.50. The molecule has 1 aromatic carbocycles. The minimum Gasteiger partial charge on any atom is -0.166 e. The van der Waals surface area contributed by atoms with Crippen molar-refractivity contribution in [2.24, 2.45) is 0 Å². The van der Waals surface area contributed by atoms with Crippen molar-refractivity contribution >= 4 is 29.2 Å². The zero-order valence-corrected chi connectivity index (χ0v) is 11.3. The van der Waals surface area contributed by atoms with Crippen LogP contribution in [-0.4, -0.2) is 8.07 Å². The van der Waals surface area contributed by atoms with Gasteiger partial charge in [-0.1, -0.05) is 47.7 Å². The molecular formula is C10H12BrF3Si. The van der Waals surface area contributed by atoms with Gasteiger partial charge in [0.2, 0.25) is 0 Å². The predicted octanol–water partition coefficient (Wildman–Crippen LogP) is 4.01. The normalized spacial score (nSPS) is 13.0. The monoisotopic (exact) mass is 296 g/mol. The summed E-state index contributed by atoms with van der Waals surface area (Å²) >= 11 is 3.21. The van der Waals surface area contributed by atoms with E-state index in [4.69, 9.17) is 0 Å². The second-order valence-electron chi connectivity index (χ2n) is 4.41. The van der Waals surface area contributed by atoms with Crippen molar-refractivity contribution in [3.05, 3.63) is 28.2 Å². The molecular weight excluding hydrogens is 285 g/mol. The number of hydrogen-bond acceptors (Lipinski definition) is 0. The Morgan fingerprint density at radius 1 is 1.13 bits per heavy atom. The standard InChI is InChI=1S/C10H12BrF3Si/c1-15(2,3)9-7(10(12,13)14)5-4-6-8(9)11/h4-6H,1-3H3. The number of halogens is 4. The highest BCUT2D eigenvalue weighted by Crippen LogP contribution is 2.31. The molecule has 0 unspecified atom stereocenters. The SMILES string of the molecule is C[Si](C)(C)c1c(Br)cccc1C(F)(F)F. The van der Waals surface area contributed by atoms with Crippen LogP contribution in [0.3, 0.4) is 0 Å². The highest BCUT2D eigenvalue weighted by atomic mass is 79.9. The van der Waals surface area contributed by atoms with Crippen LogP contribution in [0.15, 0.2) is 22.7 Å². The van der Waals surface area contributed by atoms with Crippen LogP contribution in [-0.2, 0) is 6.18 Å². The van der Waals surface area contributed by atoms with Crippen LogP contribution in [0.25, 0.3) is 0 Å². The Labute approximate surface area is 96.6 Å². The third-order valence-electron chi connectivity index (χ3n) is 2.07. The maximum absolute atomic E-state index is 12.8. The van der Waals surface area contributed by atoms with Crippen LogP contribution in [0, 0.1) is 0 Å². The van der Waals surface area contributed by atoms with Crippen LogP contribution >= 0.6 is 15.9 Å². The van der Waals surface area contributed by atoms with Gasteiger partial charge in [-0.25, -0.2) is 0 Å². The molecule has 0 heterocycles. The Morgan fingerprint density at radius 2 is 1.67 bits per heavy atom. The lowest BCUT2D eigenvalue weighted by atomic mass is 10.2. The second-order valence-corrected chi connectivity index (χ2v) is 10.3. The molecule has 0 N–H and O–H groups in total. The van der Waals surface area contributed by atoms with Gasteiger partial charge in [-0.3, -0.25) is 0 Å². The summed E-state index contributed by atoms with van der Waals surface area (Å²) in [6.45, 7) is 5.72. The minimum atomic E-state index is -4.26. The molecule has 0 amide bonds. The Hall–Kier alpha value is -0.293. The van der Waals surface area contributed by atoms with Gasteiger partial charge in [-0.15, -0.1) is 0 Å². The fourth-order valence-corrected chi connectivity index (χ4v) is 5.51. The van der Waals surface area contributed by atoms with Gasteiger partial charge in [0, 0.05) is 4.47 Å². The number of alkyl halides is 3. The average molecular weight is 297 g/mol. The van der Waals surface area contributed by atoms with Crippen molar-refractivity contribution in [2.75, 3.05) is 0 Å². The van der Waals surface area contributed by atoms with E-state index < -0.39 is 19.8 Å². The average Bonchev–Trinajstić information content (AvgIpc) is 1.99.